The van der Waals surface area contributed by atoms with E-state index in [4.69, 9.17) is 4.74 Å². The Labute approximate surface area is 159 Å². The summed E-state index contributed by atoms with van der Waals surface area (Å²) in [6, 6.07) is 6.70. The van der Waals surface area contributed by atoms with Gasteiger partial charge in [-0.15, -0.1) is 0 Å². The number of carbonyl (C=O) groups excluding carboxylic acids is 3. The van der Waals surface area contributed by atoms with Gasteiger partial charge in [0.05, 0.1) is 7.11 Å². The van der Waals surface area contributed by atoms with Crippen molar-refractivity contribution in [2.45, 2.75) is 32.2 Å². The van der Waals surface area contributed by atoms with Gasteiger partial charge in [0.1, 0.15) is 11.8 Å². The van der Waals surface area contributed by atoms with Gasteiger partial charge >= 0.3 is 0 Å². The normalized spacial score (nSPS) is 20.4. The van der Waals surface area contributed by atoms with E-state index in [1.54, 1.807) is 46.1 Å². The number of amides is 3. The molecular weight excluding hydrogens is 346 g/mol. The molecule has 2 aliphatic rings. The van der Waals surface area contributed by atoms with Gasteiger partial charge in [-0.25, -0.2) is 0 Å². The van der Waals surface area contributed by atoms with Gasteiger partial charge in [-0.2, -0.15) is 0 Å². The van der Waals surface area contributed by atoms with E-state index in [1.807, 2.05) is 0 Å². The molecule has 7 nitrogen and oxygen atoms in total. The predicted molar refractivity (Wildman–Crippen MR) is 101 cm³/mol. The molecule has 0 aliphatic carbocycles. The molecule has 27 heavy (non-hydrogen) atoms. The lowest BCUT2D eigenvalue weighted by molar-refractivity contribution is -0.147. The second-order valence-corrected chi connectivity index (χ2v) is 7.07. The van der Waals surface area contributed by atoms with Crippen LogP contribution in [0.2, 0.25) is 0 Å². The topological polar surface area (TPSA) is 70.2 Å². The Morgan fingerprint density at radius 1 is 0.926 bits per heavy atom. The Morgan fingerprint density at radius 2 is 1.56 bits per heavy atom. The number of piperazine rings is 1. The third-order valence-corrected chi connectivity index (χ3v) is 5.41. The maximum Gasteiger partial charge on any atom is 0.253 e. The van der Waals surface area contributed by atoms with Crippen LogP contribution in [0.15, 0.2) is 24.3 Å². The summed E-state index contributed by atoms with van der Waals surface area (Å²) in [7, 11) is 1.59. The van der Waals surface area contributed by atoms with Gasteiger partial charge in [-0.05, 0) is 43.5 Å². The number of benzene rings is 1. The van der Waals surface area contributed by atoms with Crippen molar-refractivity contribution >= 4 is 17.7 Å². The molecular formula is C20H27N3O4. The number of rotatable bonds is 3. The summed E-state index contributed by atoms with van der Waals surface area (Å²) < 4.78 is 5.12. The van der Waals surface area contributed by atoms with Crippen molar-refractivity contribution in [1.29, 1.82) is 0 Å². The monoisotopic (exact) mass is 373 g/mol. The van der Waals surface area contributed by atoms with Gasteiger partial charge in [-0.1, -0.05) is 0 Å². The Kier molecular flexibility index (Phi) is 5.98. The van der Waals surface area contributed by atoms with E-state index in [9.17, 15) is 14.4 Å². The van der Waals surface area contributed by atoms with E-state index in [2.05, 4.69) is 0 Å². The summed E-state index contributed by atoms with van der Waals surface area (Å²) in [6.07, 6.45) is 2.65. The second kappa shape index (κ2) is 8.41. The molecule has 0 radical (unpaired) electrons. The van der Waals surface area contributed by atoms with Gasteiger partial charge in [0.15, 0.2) is 0 Å². The number of ether oxygens (including phenoxy) is 1. The van der Waals surface area contributed by atoms with Crippen molar-refractivity contribution in [2.24, 2.45) is 0 Å². The van der Waals surface area contributed by atoms with Crippen LogP contribution >= 0.6 is 0 Å². The lowest BCUT2D eigenvalue weighted by Crippen LogP contribution is -2.57. The van der Waals surface area contributed by atoms with Crippen LogP contribution in [0.25, 0.3) is 0 Å². The Bertz CT molecular complexity index is 696. The van der Waals surface area contributed by atoms with Crippen LogP contribution in [0, 0.1) is 0 Å². The van der Waals surface area contributed by atoms with Crippen LogP contribution in [0.1, 0.15) is 36.5 Å². The lowest BCUT2D eigenvalue weighted by Gasteiger charge is -2.40. The fourth-order valence-corrected chi connectivity index (χ4v) is 3.82. The highest BCUT2D eigenvalue weighted by atomic mass is 16.5. The zero-order valence-electron chi connectivity index (χ0n) is 16.0. The first kappa shape index (κ1) is 19.2. The largest absolute Gasteiger partial charge is 0.497 e. The van der Waals surface area contributed by atoms with E-state index in [0.29, 0.717) is 44.0 Å². The zero-order chi connectivity index (χ0) is 19.4. The standard InChI is InChI=1S/C20H27N3O4/c1-15(24)23-10-4-3-5-18(23)20(26)22-13-11-21(12-14-22)19(25)16-6-8-17(27-2)9-7-16/h6-9,18H,3-5,10-14H2,1-2H3/t18-/m1/s1. The van der Waals surface area contributed by atoms with Crippen LogP contribution in [-0.2, 0) is 9.59 Å². The van der Waals surface area contributed by atoms with Crippen molar-refractivity contribution < 1.29 is 19.1 Å². The average molecular weight is 373 g/mol. The first-order chi connectivity index (χ1) is 13.0. The number of hydrogen-bond donors (Lipinski definition) is 0. The summed E-state index contributed by atoms with van der Waals surface area (Å²) in [5.41, 5.74) is 0.616. The van der Waals surface area contributed by atoms with Crippen molar-refractivity contribution in [3.8, 4) is 5.75 Å². The molecule has 2 heterocycles. The second-order valence-electron chi connectivity index (χ2n) is 7.07. The van der Waals surface area contributed by atoms with E-state index < -0.39 is 0 Å². The van der Waals surface area contributed by atoms with Gasteiger partial charge in [0, 0.05) is 45.2 Å². The third-order valence-electron chi connectivity index (χ3n) is 5.41. The molecule has 1 aromatic rings. The molecule has 7 heteroatoms. The van der Waals surface area contributed by atoms with Crippen molar-refractivity contribution in [3.05, 3.63) is 29.8 Å². The van der Waals surface area contributed by atoms with Crippen molar-refractivity contribution in [2.75, 3.05) is 39.8 Å². The highest BCUT2D eigenvalue weighted by Crippen LogP contribution is 2.20. The molecule has 1 aromatic carbocycles. The number of piperidine rings is 1. The molecule has 0 aromatic heterocycles. The molecule has 1 atom stereocenters. The quantitative estimate of drug-likeness (QED) is 0.803. The minimum Gasteiger partial charge on any atom is -0.497 e. The molecule has 0 N–H and O–H groups in total. The van der Waals surface area contributed by atoms with E-state index >= 15 is 0 Å². The van der Waals surface area contributed by atoms with Crippen LogP contribution < -0.4 is 4.74 Å². The average Bonchev–Trinajstić information content (AvgIpc) is 2.73. The summed E-state index contributed by atoms with van der Waals surface area (Å²) in [4.78, 5) is 42.6. The molecule has 3 amide bonds. The molecule has 146 valence electrons. The fraction of sp³-hybridized carbons (Fsp3) is 0.550. The Balaban J connectivity index is 1.58. The molecule has 2 saturated heterocycles. The van der Waals surface area contributed by atoms with Gasteiger partial charge in [0.25, 0.3) is 5.91 Å². The Hall–Kier alpha value is -2.57. The summed E-state index contributed by atoms with van der Waals surface area (Å²) >= 11 is 0. The minimum atomic E-state index is -0.347. The fourth-order valence-electron chi connectivity index (χ4n) is 3.82. The summed E-state index contributed by atoms with van der Waals surface area (Å²) in [6.45, 7) is 4.19. The number of nitrogens with zero attached hydrogens (tertiary/aromatic N) is 3. The third kappa shape index (κ3) is 4.23. The van der Waals surface area contributed by atoms with E-state index in [-0.39, 0.29) is 23.8 Å². The first-order valence-electron chi connectivity index (χ1n) is 9.50. The summed E-state index contributed by atoms with van der Waals surface area (Å²) in [5.74, 6) is 0.653. The molecule has 3 rings (SSSR count). The van der Waals surface area contributed by atoms with E-state index in [0.717, 1.165) is 19.3 Å². The molecule has 0 saturated carbocycles. The van der Waals surface area contributed by atoms with Gasteiger partial charge in [-0.3, -0.25) is 14.4 Å². The van der Waals surface area contributed by atoms with Crippen molar-refractivity contribution in [1.82, 2.24) is 14.7 Å². The molecule has 2 fully saturated rings. The van der Waals surface area contributed by atoms with Gasteiger partial charge in [0.2, 0.25) is 11.8 Å². The van der Waals surface area contributed by atoms with Crippen LogP contribution in [0.5, 0.6) is 5.75 Å². The number of carbonyl (C=O) groups is 3. The molecule has 0 unspecified atom stereocenters. The highest BCUT2D eigenvalue weighted by molar-refractivity contribution is 5.94. The van der Waals surface area contributed by atoms with E-state index in [1.165, 1.54) is 6.92 Å². The summed E-state index contributed by atoms with van der Waals surface area (Å²) in [5, 5.41) is 0. The number of likely N-dealkylation sites (tertiary alicyclic amines) is 1. The van der Waals surface area contributed by atoms with Crippen molar-refractivity contribution in [3.63, 3.8) is 0 Å². The maximum absolute atomic E-state index is 12.9. The van der Waals surface area contributed by atoms with Crippen LogP contribution in [0.4, 0.5) is 0 Å². The van der Waals surface area contributed by atoms with Crippen LogP contribution in [-0.4, -0.2) is 78.3 Å². The van der Waals surface area contributed by atoms with Gasteiger partial charge < -0.3 is 19.4 Å². The molecule has 0 bridgehead atoms. The number of hydrogen-bond acceptors (Lipinski definition) is 4. The SMILES string of the molecule is COc1ccc(C(=O)N2CCN(C(=O)[C@H]3CCCCN3C(C)=O)CC2)cc1. The first-order valence-corrected chi connectivity index (χ1v) is 9.50. The molecule has 0 spiro atoms. The maximum atomic E-state index is 12.9. The Morgan fingerprint density at radius 3 is 2.15 bits per heavy atom. The number of methoxy groups -OCH3 is 1. The smallest absolute Gasteiger partial charge is 0.253 e. The zero-order valence-corrected chi connectivity index (χ0v) is 16.0. The molecule has 2 aliphatic heterocycles. The lowest BCUT2D eigenvalue weighted by atomic mass is 10.0. The van der Waals surface area contributed by atoms with Crippen LogP contribution in [0.3, 0.4) is 0 Å². The highest BCUT2D eigenvalue weighted by Gasteiger charge is 2.35. The minimum absolute atomic E-state index is 0.0152. The predicted octanol–water partition coefficient (Wildman–Crippen LogP) is 1.38.